The fraction of sp³-hybridized carbons (Fsp3) is 0.444. The normalized spacial score (nSPS) is 17.0. The summed E-state index contributed by atoms with van der Waals surface area (Å²) in [6.45, 7) is 8.70. The van der Waals surface area contributed by atoms with E-state index in [0.29, 0.717) is 47.8 Å². The van der Waals surface area contributed by atoms with Gasteiger partial charge in [0.1, 0.15) is 11.4 Å². The van der Waals surface area contributed by atoms with Gasteiger partial charge in [-0.1, -0.05) is 43.2 Å². The molecule has 6 rings (SSSR count). The number of ether oxygens (including phenoxy) is 2. The Labute approximate surface area is 276 Å². The monoisotopic (exact) mass is 657 g/mol. The number of hydrogen-bond acceptors (Lipinski definition) is 9. The van der Waals surface area contributed by atoms with Crippen molar-refractivity contribution < 1.29 is 22.7 Å². The number of aryl methyl sites for hydroxylation is 1. The van der Waals surface area contributed by atoms with Gasteiger partial charge in [-0.3, -0.25) is 0 Å². The lowest BCUT2D eigenvalue weighted by Gasteiger charge is -2.34. The lowest BCUT2D eigenvalue weighted by molar-refractivity contribution is 0.0206. The van der Waals surface area contributed by atoms with Crippen molar-refractivity contribution in [3.8, 4) is 22.9 Å². The molecule has 3 heterocycles. The van der Waals surface area contributed by atoms with Gasteiger partial charge in [0.2, 0.25) is 11.8 Å². The highest BCUT2D eigenvalue weighted by Crippen LogP contribution is 2.38. The molecular weight excluding hydrogens is 614 g/mol. The fourth-order valence-electron chi connectivity index (χ4n) is 5.94. The summed E-state index contributed by atoms with van der Waals surface area (Å²) in [5, 5.41) is 5.08. The molecule has 11 heteroatoms. The van der Waals surface area contributed by atoms with E-state index in [2.05, 4.69) is 15.3 Å². The molecule has 0 spiro atoms. The number of hydrogen-bond donors (Lipinski definition) is 1. The van der Waals surface area contributed by atoms with E-state index in [4.69, 9.17) is 14.5 Å². The summed E-state index contributed by atoms with van der Waals surface area (Å²) in [5.41, 5.74) is 2.43. The molecule has 0 radical (unpaired) electrons. The number of carbonyl (C=O) groups is 1. The van der Waals surface area contributed by atoms with Crippen LogP contribution in [-0.4, -0.2) is 64.8 Å². The third-order valence-corrected chi connectivity index (χ3v) is 10.1. The predicted molar refractivity (Wildman–Crippen MR) is 183 cm³/mol. The van der Waals surface area contributed by atoms with Crippen LogP contribution in [-0.2, 0) is 20.3 Å². The van der Waals surface area contributed by atoms with Crippen LogP contribution in [0.3, 0.4) is 0 Å². The van der Waals surface area contributed by atoms with E-state index in [1.165, 1.54) is 0 Å². The Balaban J connectivity index is 1.22. The summed E-state index contributed by atoms with van der Waals surface area (Å²) in [6, 6.07) is 15.2. The topological polar surface area (TPSA) is 124 Å². The number of likely N-dealkylation sites (tertiary alicyclic amines) is 1. The van der Waals surface area contributed by atoms with Crippen LogP contribution in [0.15, 0.2) is 60.9 Å². The third kappa shape index (κ3) is 8.38. The molecule has 4 aromatic rings. The van der Waals surface area contributed by atoms with Gasteiger partial charge in [-0.15, -0.1) is 0 Å². The second-order valence-corrected chi connectivity index (χ2v) is 15.9. The van der Waals surface area contributed by atoms with Crippen LogP contribution in [0.4, 0.5) is 10.7 Å². The third-order valence-electron chi connectivity index (χ3n) is 8.52. The predicted octanol–water partition coefficient (Wildman–Crippen LogP) is 7.32. The van der Waals surface area contributed by atoms with Gasteiger partial charge in [-0.25, -0.2) is 28.2 Å². The van der Waals surface area contributed by atoms with Crippen molar-refractivity contribution in [1.82, 2.24) is 19.9 Å². The molecule has 0 unspecified atom stereocenters. The minimum absolute atomic E-state index is 0.00163. The van der Waals surface area contributed by atoms with Crippen LogP contribution in [0, 0.1) is 12.8 Å². The van der Waals surface area contributed by atoms with E-state index < -0.39 is 15.4 Å². The van der Waals surface area contributed by atoms with Crippen molar-refractivity contribution in [2.75, 3.05) is 24.2 Å². The number of sulfone groups is 1. The number of aromatic nitrogens is 3. The Morgan fingerprint density at radius 2 is 1.83 bits per heavy atom. The number of fused-ring (bicyclic) bond motifs is 1. The number of nitrogens with one attached hydrogen (secondary N) is 1. The van der Waals surface area contributed by atoms with E-state index in [1.807, 2.05) is 76.2 Å². The summed E-state index contributed by atoms with van der Waals surface area (Å²) >= 11 is 0. The quantitative estimate of drug-likeness (QED) is 0.187. The van der Waals surface area contributed by atoms with E-state index in [0.717, 1.165) is 54.0 Å². The molecule has 1 aliphatic carbocycles. The number of amides is 1. The van der Waals surface area contributed by atoms with Gasteiger partial charge in [-0.05, 0) is 87.6 Å². The second-order valence-electron chi connectivity index (χ2n) is 13.7. The Morgan fingerprint density at radius 1 is 1.00 bits per heavy atom. The summed E-state index contributed by atoms with van der Waals surface area (Å²) < 4.78 is 38.1. The van der Waals surface area contributed by atoms with Crippen LogP contribution in [0.25, 0.3) is 22.0 Å². The average molecular weight is 658 g/mol. The molecule has 0 bridgehead atoms. The molecule has 1 saturated carbocycles. The minimum atomic E-state index is -3.23. The Morgan fingerprint density at radius 3 is 2.62 bits per heavy atom. The van der Waals surface area contributed by atoms with Gasteiger partial charge in [0.15, 0.2) is 9.84 Å². The maximum Gasteiger partial charge on any atom is 0.410 e. The molecule has 2 aromatic carbocycles. The maximum absolute atomic E-state index is 13.0. The molecule has 1 N–H and O–H groups in total. The van der Waals surface area contributed by atoms with Crippen LogP contribution >= 0.6 is 0 Å². The molecule has 1 aliphatic heterocycles. The molecule has 2 aliphatic rings. The lowest BCUT2D eigenvalue weighted by atomic mass is 10.0. The summed E-state index contributed by atoms with van der Waals surface area (Å²) in [4.78, 5) is 28.2. The fourth-order valence-corrected chi connectivity index (χ4v) is 7.50. The van der Waals surface area contributed by atoms with Gasteiger partial charge >= 0.3 is 6.09 Å². The number of nitrogens with zero attached hydrogens (tertiary/aromatic N) is 4. The zero-order chi connectivity index (χ0) is 33.2. The van der Waals surface area contributed by atoms with E-state index in [1.54, 1.807) is 17.3 Å². The molecule has 47 heavy (non-hydrogen) atoms. The van der Waals surface area contributed by atoms with E-state index in [-0.39, 0.29) is 23.6 Å². The van der Waals surface area contributed by atoms with Crippen molar-refractivity contribution >= 4 is 32.7 Å². The highest BCUT2D eigenvalue weighted by molar-refractivity contribution is 7.90. The molecule has 10 nitrogen and oxygen atoms in total. The van der Waals surface area contributed by atoms with Gasteiger partial charge in [0, 0.05) is 36.9 Å². The van der Waals surface area contributed by atoms with Crippen molar-refractivity contribution in [2.24, 2.45) is 5.92 Å². The van der Waals surface area contributed by atoms with Gasteiger partial charge in [-0.2, -0.15) is 0 Å². The van der Waals surface area contributed by atoms with Crippen LogP contribution in [0.5, 0.6) is 11.6 Å². The molecule has 1 atom stereocenters. The highest BCUT2D eigenvalue weighted by atomic mass is 32.2. The van der Waals surface area contributed by atoms with Gasteiger partial charge in [0.25, 0.3) is 0 Å². The Hall–Kier alpha value is -4.25. The molecule has 248 valence electrons. The first-order valence-electron chi connectivity index (χ1n) is 16.4. The number of pyridine rings is 1. The largest absolute Gasteiger partial charge is 0.444 e. The van der Waals surface area contributed by atoms with E-state index in [9.17, 15) is 13.2 Å². The molecule has 1 saturated heterocycles. The number of carbonyl (C=O) groups excluding carboxylic acids is 1. The molecular formula is C36H43N5O5S. The number of rotatable bonds is 10. The molecule has 2 fully saturated rings. The Bertz CT molecular complexity index is 1870. The van der Waals surface area contributed by atoms with Crippen LogP contribution < -0.4 is 10.1 Å². The Kier molecular flexibility index (Phi) is 9.36. The van der Waals surface area contributed by atoms with Crippen LogP contribution in [0.2, 0.25) is 0 Å². The van der Waals surface area contributed by atoms with Gasteiger partial charge in [0.05, 0.1) is 22.8 Å². The zero-order valence-electron chi connectivity index (χ0n) is 27.5. The second kappa shape index (κ2) is 13.5. The zero-order valence-corrected chi connectivity index (χ0v) is 28.3. The standard InChI is InChI=1S/C36H43N5O5S/c1-24-12-15-28-26(23-47(43,44)21-17-25-13-14-25)8-5-10-29(28)32(24)45-33-30(11-6-18-37-33)31-16-19-38-34(40-31)39-27-9-7-20-41(22-27)35(42)46-36(2,3)4/h5-6,8,10-12,15-16,18-19,25,27H,7,9,13-14,17,20-23H2,1-4H3,(H,38,39,40)/t27-/m0/s1. The summed E-state index contributed by atoms with van der Waals surface area (Å²) in [5.74, 6) is 2.24. The van der Waals surface area contributed by atoms with Crippen LogP contribution in [0.1, 0.15) is 64.0 Å². The van der Waals surface area contributed by atoms with Crippen molar-refractivity contribution in [1.29, 1.82) is 0 Å². The maximum atomic E-state index is 13.0. The number of piperidine rings is 1. The first-order valence-corrected chi connectivity index (χ1v) is 18.2. The number of benzene rings is 2. The first-order chi connectivity index (χ1) is 22.4. The molecule has 1 amide bonds. The summed E-state index contributed by atoms with van der Waals surface area (Å²) in [7, 11) is -3.23. The summed E-state index contributed by atoms with van der Waals surface area (Å²) in [6.07, 6.45) is 7.78. The molecule has 2 aromatic heterocycles. The average Bonchev–Trinajstić information content (AvgIpc) is 3.86. The highest BCUT2D eigenvalue weighted by Gasteiger charge is 2.28. The minimum Gasteiger partial charge on any atom is -0.444 e. The van der Waals surface area contributed by atoms with Crippen molar-refractivity contribution in [3.05, 3.63) is 72.1 Å². The van der Waals surface area contributed by atoms with Gasteiger partial charge < -0.3 is 19.7 Å². The lowest BCUT2D eigenvalue weighted by Crippen LogP contribution is -2.47. The van der Waals surface area contributed by atoms with Crippen molar-refractivity contribution in [2.45, 2.75) is 77.2 Å². The smallest absolute Gasteiger partial charge is 0.410 e. The number of anilines is 1. The SMILES string of the molecule is Cc1ccc2c(CS(=O)(=O)CCC3CC3)cccc2c1Oc1ncccc1-c1ccnc(N[C@H]2CCCN(C(=O)OC(C)(C)C)C2)n1. The first kappa shape index (κ1) is 32.7. The van der Waals surface area contributed by atoms with Crippen molar-refractivity contribution in [3.63, 3.8) is 0 Å². The van der Waals surface area contributed by atoms with E-state index >= 15 is 0 Å².